The number of rotatable bonds is 8. The summed E-state index contributed by atoms with van der Waals surface area (Å²) in [6.45, 7) is 1.65. The van der Waals surface area contributed by atoms with Crippen molar-refractivity contribution in [3.05, 3.63) is 69.7 Å². The summed E-state index contributed by atoms with van der Waals surface area (Å²) >= 11 is 3.13. The van der Waals surface area contributed by atoms with Crippen LogP contribution in [-0.4, -0.2) is 30.0 Å². The van der Waals surface area contributed by atoms with Crippen LogP contribution in [-0.2, 0) is 6.18 Å². The maximum Gasteiger partial charge on any atom is 0.416 e. The van der Waals surface area contributed by atoms with Crippen LogP contribution in [0.15, 0.2) is 45.5 Å². The minimum absolute atomic E-state index is 0.0151. The summed E-state index contributed by atoms with van der Waals surface area (Å²) < 4.78 is 78.3. The number of primary amides is 1. The highest BCUT2D eigenvalue weighted by molar-refractivity contribution is 9.10. The van der Waals surface area contributed by atoms with Crippen molar-refractivity contribution in [2.24, 2.45) is 5.73 Å². The zero-order valence-electron chi connectivity index (χ0n) is 18.4. The smallest absolute Gasteiger partial charge is 0.416 e. The summed E-state index contributed by atoms with van der Waals surface area (Å²) in [7, 11) is 0. The molecule has 36 heavy (non-hydrogen) atoms. The third kappa shape index (κ3) is 6.11. The van der Waals surface area contributed by atoms with Crippen LogP contribution in [0.1, 0.15) is 34.8 Å². The van der Waals surface area contributed by atoms with Crippen molar-refractivity contribution >= 4 is 27.9 Å². The van der Waals surface area contributed by atoms with Crippen molar-refractivity contribution in [1.82, 2.24) is 15.6 Å². The maximum absolute atomic E-state index is 14.7. The van der Waals surface area contributed by atoms with E-state index in [9.17, 15) is 31.5 Å². The predicted octanol–water partition coefficient (Wildman–Crippen LogP) is 4.94. The number of nitrogens with zero attached hydrogens (tertiary/aromatic N) is 1. The van der Waals surface area contributed by atoms with Crippen LogP contribution in [0.4, 0.5) is 26.7 Å². The molecule has 0 bridgehead atoms. The number of carbonyl (C=O) groups excluding carboxylic acids is 2. The van der Waals surface area contributed by atoms with E-state index in [4.69, 9.17) is 14.9 Å². The fourth-order valence-electron chi connectivity index (χ4n) is 3.04. The molecule has 3 aromatic rings. The standard InChI is InChI=1S/C22H18BrF5N4O4/c1-2-30-21(34)31-9-14(35-13-8-7-12(24)15(16(13)25)19(29)33)20-32-17(18(23)36-20)10-3-5-11(6-4-10)22(26,27)28/h3-8,14H,2,9H2,1H3,(H2,29,33)(H2,30,31,34)/t14-/m0/s1. The first-order valence-electron chi connectivity index (χ1n) is 10.2. The molecule has 0 aliphatic rings. The molecule has 192 valence electrons. The predicted molar refractivity (Wildman–Crippen MR) is 120 cm³/mol. The first-order chi connectivity index (χ1) is 16.9. The second-order valence-electron chi connectivity index (χ2n) is 7.20. The van der Waals surface area contributed by atoms with Crippen molar-refractivity contribution in [1.29, 1.82) is 0 Å². The van der Waals surface area contributed by atoms with E-state index in [2.05, 4.69) is 31.5 Å². The first-order valence-corrected chi connectivity index (χ1v) is 11.0. The molecule has 2 aromatic carbocycles. The lowest BCUT2D eigenvalue weighted by molar-refractivity contribution is -0.137. The van der Waals surface area contributed by atoms with E-state index in [0.29, 0.717) is 6.54 Å². The fraction of sp³-hybridized carbons (Fsp3) is 0.227. The first kappa shape index (κ1) is 26.9. The number of carbonyl (C=O) groups is 2. The Labute approximate surface area is 209 Å². The summed E-state index contributed by atoms with van der Waals surface area (Å²) in [5.41, 5.74) is 3.50. The van der Waals surface area contributed by atoms with Crippen LogP contribution >= 0.6 is 15.9 Å². The number of hydrogen-bond acceptors (Lipinski definition) is 5. The van der Waals surface area contributed by atoms with Gasteiger partial charge in [-0.15, -0.1) is 0 Å². The highest BCUT2D eigenvalue weighted by Gasteiger charge is 2.31. The third-order valence-corrected chi connectivity index (χ3v) is 5.26. The van der Waals surface area contributed by atoms with Crippen LogP contribution in [0, 0.1) is 11.6 Å². The number of alkyl halides is 3. The molecule has 1 aromatic heterocycles. The van der Waals surface area contributed by atoms with Gasteiger partial charge in [0, 0.05) is 12.1 Å². The van der Waals surface area contributed by atoms with Crippen molar-refractivity contribution in [2.75, 3.05) is 13.1 Å². The lowest BCUT2D eigenvalue weighted by atomic mass is 10.1. The Balaban J connectivity index is 1.97. The van der Waals surface area contributed by atoms with Gasteiger partial charge in [-0.2, -0.15) is 13.2 Å². The van der Waals surface area contributed by atoms with E-state index in [1.807, 2.05) is 0 Å². The topological polar surface area (TPSA) is 119 Å². The van der Waals surface area contributed by atoms with Crippen LogP contribution in [0.3, 0.4) is 0 Å². The average Bonchev–Trinajstić information content (AvgIpc) is 3.19. The third-order valence-electron chi connectivity index (χ3n) is 4.72. The molecule has 1 atom stereocenters. The molecule has 0 fully saturated rings. The maximum atomic E-state index is 14.7. The van der Waals surface area contributed by atoms with Crippen LogP contribution < -0.4 is 21.1 Å². The van der Waals surface area contributed by atoms with E-state index in [1.165, 1.54) is 12.1 Å². The summed E-state index contributed by atoms with van der Waals surface area (Å²) in [6, 6.07) is 5.15. The number of aromatic nitrogens is 1. The fourth-order valence-corrected chi connectivity index (χ4v) is 3.52. The largest absolute Gasteiger partial charge is 0.476 e. The Kier molecular flexibility index (Phi) is 8.17. The average molecular weight is 577 g/mol. The van der Waals surface area contributed by atoms with Crippen LogP contribution in [0.25, 0.3) is 11.3 Å². The summed E-state index contributed by atoms with van der Waals surface area (Å²) in [5, 5.41) is 4.94. The summed E-state index contributed by atoms with van der Waals surface area (Å²) in [5.74, 6) is -4.74. The molecular formula is C22H18BrF5N4O4. The van der Waals surface area contributed by atoms with Gasteiger partial charge in [0.15, 0.2) is 22.3 Å². The zero-order valence-corrected chi connectivity index (χ0v) is 20.0. The van der Waals surface area contributed by atoms with Crippen LogP contribution in [0.5, 0.6) is 5.75 Å². The molecule has 0 aliphatic carbocycles. The van der Waals surface area contributed by atoms with Gasteiger partial charge < -0.3 is 25.5 Å². The molecule has 0 spiro atoms. The van der Waals surface area contributed by atoms with Gasteiger partial charge in [-0.1, -0.05) is 12.1 Å². The molecule has 0 radical (unpaired) electrons. The van der Waals surface area contributed by atoms with E-state index < -0.39 is 52.7 Å². The molecule has 0 unspecified atom stereocenters. The molecule has 0 saturated heterocycles. The molecule has 0 aliphatic heterocycles. The quantitative estimate of drug-likeness (QED) is 0.328. The van der Waals surface area contributed by atoms with E-state index in [-0.39, 0.29) is 28.4 Å². The van der Waals surface area contributed by atoms with Gasteiger partial charge >= 0.3 is 12.2 Å². The van der Waals surface area contributed by atoms with Gasteiger partial charge in [-0.3, -0.25) is 4.79 Å². The zero-order chi connectivity index (χ0) is 26.6. The number of halogens is 6. The Morgan fingerprint density at radius 1 is 1.14 bits per heavy atom. The van der Waals surface area contributed by atoms with Crippen LogP contribution in [0.2, 0.25) is 0 Å². The number of nitrogens with two attached hydrogens (primary N) is 1. The number of nitrogens with one attached hydrogen (secondary N) is 2. The van der Waals surface area contributed by atoms with E-state index in [1.54, 1.807) is 6.92 Å². The van der Waals surface area contributed by atoms with E-state index in [0.717, 1.165) is 24.3 Å². The van der Waals surface area contributed by atoms with Crippen molar-refractivity contribution in [3.63, 3.8) is 0 Å². The minimum Gasteiger partial charge on any atom is -0.476 e. The summed E-state index contributed by atoms with van der Waals surface area (Å²) in [6.07, 6.45) is -5.84. The number of benzene rings is 2. The molecule has 3 amide bonds. The van der Waals surface area contributed by atoms with Crippen molar-refractivity contribution < 1.29 is 40.7 Å². The molecule has 14 heteroatoms. The number of hydrogen-bond donors (Lipinski definition) is 3. The second kappa shape index (κ2) is 10.9. The molecule has 4 N–H and O–H groups in total. The highest BCUT2D eigenvalue weighted by Crippen LogP contribution is 2.35. The molecule has 8 nitrogen and oxygen atoms in total. The van der Waals surface area contributed by atoms with E-state index >= 15 is 0 Å². The van der Waals surface area contributed by atoms with Gasteiger partial charge in [-0.05, 0) is 47.1 Å². The SMILES string of the molecule is CCNC(=O)NC[C@H](Oc1ccc(F)c(C(N)=O)c1F)c1nc(-c2ccc(C(F)(F)F)cc2)c(Br)o1. The number of oxazole rings is 1. The number of amides is 3. The normalized spacial score (nSPS) is 12.2. The lowest BCUT2D eigenvalue weighted by Crippen LogP contribution is -2.38. The monoisotopic (exact) mass is 576 g/mol. The number of ether oxygens (including phenoxy) is 1. The van der Waals surface area contributed by atoms with Gasteiger partial charge in [0.2, 0.25) is 5.89 Å². The molecular weight excluding hydrogens is 559 g/mol. The van der Waals surface area contributed by atoms with Gasteiger partial charge in [0.05, 0.1) is 12.1 Å². The van der Waals surface area contributed by atoms with Gasteiger partial charge in [-0.25, -0.2) is 18.6 Å². The van der Waals surface area contributed by atoms with Crippen molar-refractivity contribution in [3.8, 4) is 17.0 Å². The van der Waals surface area contributed by atoms with Gasteiger partial charge in [0.1, 0.15) is 17.1 Å². The Hall–Kier alpha value is -3.68. The summed E-state index contributed by atoms with van der Waals surface area (Å²) in [4.78, 5) is 27.5. The molecule has 1 heterocycles. The Morgan fingerprint density at radius 2 is 1.81 bits per heavy atom. The van der Waals surface area contributed by atoms with Crippen molar-refractivity contribution in [2.45, 2.75) is 19.2 Å². The second-order valence-corrected chi connectivity index (χ2v) is 7.92. The lowest BCUT2D eigenvalue weighted by Gasteiger charge is -2.18. The minimum atomic E-state index is -4.53. The molecule has 3 rings (SSSR count). The Bertz CT molecular complexity index is 1260. The van der Waals surface area contributed by atoms with Gasteiger partial charge in [0.25, 0.3) is 5.91 Å². The highest BCUT2D eigenvalue weighted by atomic mass is 79.9. The molecule has 0 saturated carbocycles. The number of urea groups is 1. The Morgan fingerprint density at radius 3 is 2.39 bits per heavy atom.